The van der Waals surface area contributed by atoms with E-state index in [0.717, 1.165) is 28.1 Å². The Kier molecular flexibility index (Phi) is 6.53. The Hall–Kier alpha value is -1.58. The Bertz CT molecular complexity index is 559. The van der Waals surface area contributed by atoms with Crippen molar-refractivity contribution in [1.82, 2.24) is 0 Å². The summed E-state index contributed by atoms with van der Waals surface area (Å²) in [5.41, 5.74) is 16.3. The van der Waals surface area contributed by atoms with Gasteiger partial charge in [-0.25, -0.2) is 0 Å². The number of methoxy groups -OCH3 is 1. The Morgan fingerprint density at radius 2 is 1.63 bits per heavy atom. The summed E-state index contributed by atoms with van der Waals surface area (Å²) in [6.45, 7) is 2.01. The lowest BCUT2D eigenvalue weighted by molar-refractivity contribution is 0.412. The van der Waals surface area contributed by atoms with Gasteiger partial charge in [0.25, 0.3) is 0 Å². The van der Waals surface area contributed by atoms with Crippen LogP contribution < -0.4 is 16.2 Å². The zero-order valence-corrected chi connectivity index (χ0v) is 12.5. The molecule has 0 atom stereocenters. The van der Waals surface area contributed by atoms with Crippen LogP contribution >= 0.6 is 24.8 Å². The molecule has 0 saturated heterocycles. The van der Waals surface area contributed by atoms with Gasteiger partial charge in [0.1, 0.15) is 5.75 Å². The number of benzene rings is 2. The number of halogens is 2. The highest BCUT2D eigenvalue weighted by molar-refractivity contribution is 5.85. The Labute approximate surface area is 125 Å². The highest BCUT2D eigenvalue weighted by Crippen LogP contribution is 2.34. The molecule has 19 heavy (non-hydrogen) atoms. The maximum absolute atomic E-state index is 5.99. The predicted octanol–water partition coefficient (Wildman–Crippen LogP) is 3.68. The average Bonchev–Trinajstić information content (AvgIpc) is 2.33. The summed E-state index contributed by atoms with van der Waals surface area (Å²) in [6.07, 6.45) is 0. The third kappa shape index (κ3) is 3.46. The van der Waals surface area contributed by atoms with E-state index >= 15 is 0 Å². The van der Waals surface area contributed by atoms with Crippen LogP contribution in [-0.2, 0) is 0 Å². The van der Waals surface area contributed by atoms with Crippen molar-refractivity contribution in [1.29, 1.82) is 0 Å². The van der Waals surface area contributed by atoms with Crippen molar-refractivity contribution in [2.24, 2.45) is 0 Å². The number of rotatable bonds is 2. The molecular weight excluding hydrogens is 283 g/mol. The van der Waals surface area contributed by atoms with Gasteiger partial charge in [0.15, 0.2) is 0 Å². The molecule has 2 rings (SSSR count). The normalized spacial score (nSPS) is 9.16. The van der Waals surface area contributed by atoms with Gasteiger partial charge in [0.2, 0.25) is 0 Å². The summed E-state index contributed by atoms with van der Waals surface area (Å²) in [5, 5.41) is 0. The van der Waals surface area contributed by atoms with Gasteiger partial charge in [-0.15, -0.1) is 24.8 Å². The van der Waals surface area contributed by atoms with E-state index in [1.807, 2.05) is 37.3 Å². The standard InChI is InChI=1S/C14H16N2O.2ClH/c1-9-11(4-3-5-14(9)17-2)12-8-10(15)6-7-13(12)16;;/h3-8H,15-16H2,1-2H3;2*1H. The van der Waals surface area contributed by atoms with E-state index in [4.69, 9.17) is 16.2 Å². The number of hydrogen-bond acceptors (Lipinski definition) is 3. The van der Waals surface area contributed by atoms with Crippen molar-refractivity contribution in [2.75, 3.05) is 18.6 Å². The molecule has 0 aliphatic rings. The zero-order chi connectivity index (χ0) is 12.4. The molecule has 0 aliphatic carbocycles. The lowest BCUT2D eigenvalue weighted by Gasteiger charge is -2.12. The van der Waals surface area contributed by atoms with Gasteiger partial charge >= 0.3 is 0 Å². The summed E-state index contributed by atoms with van der Waals surface area (Å²) >= 11 is 0. The molecule has 0 spiro atoms. The van der Waals surface area contributed by atoms with Crippen molar-refractivity contribution >= 4 is 36.2 Å². The van der Waals surface area contributed by atoms with Crippen LogP contribution in [0.2, 0.25) is 0 Å². The van der Waals surface area contributed by atoms with E-state index < -0.39 is 0 Å². The second kappa shape index (κ2) is 7.12. The van der Waals surface area contributed by atoms with Crippen LogP contribution in [0.1, 0.15) is 5.56 Å². The number of nitrogens with two attached hydrogens (primary N) is 2. The smallest absolute Gasteiger partial charge is 0.122 e. The molecule has 0 aromatic heterocycles. The summed E-state index contributed by atoms with van der Waals surface area (Å²) in [5.74, 6) is 0.851. The van der Waals surface area contributed by atoms with E-state index in [0.29, 0.717) is 5.69 Å². The second-order valence-electron chi connectivity index (χ2n) is 3.98. The van der Waals surface area contributed by atoms with Gasteiger partial charge in [0, 0.05) is 16.9 Å². The molecule has 0 radical (unpaired) electrons. The van der Waals surface area contributed by atoms with E-state index in [1.54, 1.807) is 13.2 Å². The average molecular weight is 301 g/mol. The fourth-order valence-electron chi connectivity index (χ4n) is 1.93. The van der Waals surface area contributed by atoms with Crippen LogP contribution in [0, 0.1) is 6.92 Å². The lowest BCUT2D eigenvalue weighted by Crippen LogP contribution is -1.96. The molecule has 0 bridgehead atoms. The number of ether oxygens (including phenoxy) is 1. The van der Waals surface area contributed by atoms with Crippen molar-refractivity contribution in [3.8, 4) is 16.9 Å². The molecule has 2 aromatic rings. The van der Waals surface area contributed by atoms with Gasteiger partial charge in [-0.2, -0.15) is 0 Å². The maximum atomic E-state index is 5.99. The first-order valence-corrected chi connectivity index (χ1v) is 5.42. The molecule has 0 fully saturated rings. The van der Waals surface area contributed by atoms with E-state index in [2.05, 4.69) is 0 Å². The van der Waals surface area contributed by atoms with Crippen LogP contribution in [0.4, 0.5) is 11.4 Å². The molecule has 104 valence electrons. The molecule has 0 saturated carbocycles. The predicted molar refractivity (Wildman–Crippen MR) is 86.5 cm³/mol. The van der Waals surface area contributed by atoms with E-state index in [1.165, 1.54) is 0 Å². The van der Waals surface area contributed by atoms with Crippen LogP contribution in [0.25, 0.3) is 11.1 Å². The lowest BCUT2D eigenvalue weighted by atomic mass is 9.98. The topological polar surface area (TPSA) is 61.3 Å². The van der Waals surface area contributed by atoms with Gasteiger partial charge in [-0.3, -0.25) is 0 Å². The van der Waals surface area contributed by atoms with Crippen LogP contribution in [0.15, 0.2) is 36.4 Å². The number of anilines is 2. The highest BCUT2D eigenvalue weighted by Gasteiger charge is 2.09. The SMILES string of the molecule is COc1cccc(-c2cc(N)ccc2N)c1C.Cl.Cl. The molecule has 0 heterocycles. The van der Waals surface area contributed by atoms with Crippen LogP contribution in [0.5, 0.6) is 5.75 Å². The minimum absolute atomic E-state index is 0. The third-order valence-electron chi connectivity index (χ3n) is 2.87. The van der Waals surface area contributed by atoms with Crippen molar-refractivity contribution in [2.45, 2.75) is 6.92 Å². The molecule has 0 amide bonds. The minimum atomic E-state index is 0. The third-order valence-corrected chi connectivity index (χ3v) is 2.87. The first kappa shape index (κ1) is 17.4. The number of hydrogen-bond donors (Lipinski definition) is 2. The van der Waals surface area contributed by atoms with Gasteiger partial charge in [0.05, 0.1) is 7.11 Å². The summed E-state index contributed by atoms with van der Waals surface area (Å²) in [4.78, 5) is 0. The molecule has 5 heteroatoms. The summed E-state index contributed by atoms with van der Waals surface area (Å²) in [7, 11) is 1.66. The molecule has 3 nitrogen and oxygen atoms in total. The number of nitrogen functional groups attached to an aromatic ring is 2. The van der Waals surface area contributed by atoms with Crippen molar-refractivity contribution in [3.63, 3.8) is 0 Å². The zero-order valence-electron chi connectivity index (χ0n) is 10.8. The van der Waals surface area contributed by atoms with Gasteiger partial charge < -0.3 is 16.2 Å². The Morgan fingerprint density at radius 1 is 0.947 bits per heavy atom. The molecule has 0 aliphatic heterocycles. The van der Waals surface area contributed by atoms with Crippen molar-refractivity contribution < 1.29 is 4.74 Å². The minimum Gasteiger partial charge on any atom is -0.496 e. The molecular formula is C14H18Cl2N2O. The summed E-state index contributed by atoms with van der Waals surface area (Å²) < 4.78 is 5.31. The molecule has 0 unspecified atom stereocenters. The molecule has 2 aromatic carbocycles. The summed E-state index contributed by atoms with van der Waals surface area (Å²) in [6, 6.07) is 11.4. The monoisotopic (exact) mass is 300 g/mol. The van der Waals surface area contributed by atoms with Crippen molar-refractivity contribution in [3.05, 3.63) is 42.0 Å². The van der Waals surface area contributed by atoms with E-state index in [9.17, 15) is 0 Å². The van der Waals surface area contributed by atoms with Gasteiger partial charge in [-0.05, 0) is 42.3 Å². The first-order valence-electron chi connectivity index (χ1n) is 5.42. The highest BCUT2D eigenvalue weighted by atomic mass is 35.5. The fourth-order valence-corrected chi connectivity index (χ4v) is 1.93. The largest absolute Gasteiger partial charge is 0.496 e. The Balaban J connectivity index is 0.00000162. The second-order valence-corrected chi connectivity index (χ2v) is 3.98. The van der Waals surface area contributed by atoms with Crippen LogP contribution in [0.3, 0.4) is 0 Å². The Morgan fingerprint density at radius 3 is 2.26 bits per heavy atom. The quantitative estimate of drug-likeness (QED) is 0.832. The van der Waals surface area contributed by atoms with E-state index in [-0.39, 0.29) is 24.8 Å². The first-order chi connectivity index (χ1) is 8.13. The fraction of sp³-hybridized carbons (Fsp3) is 0.143. The van der Waals surface area contributed by atoms with Crippen LogP contribution in [-0.4, -0.2) is 7.11 Å². The maximum Gasteiger partial charge on any atom is 0.122 e. The molecule has 4 N–H and O–H groups in total. The van der Waals surface area contributed by atoms with Gasteiger partial charge in [-0.1, -0.05) is 12.1 Å².